The van der Waals surface area contributed by atoms with Gasteiger partial charge in [-0.25, -0.2) is 0 Å². The van der Waals surface area contributed by atoms with E-state index in [4.69, 9.17) is 4.74 Å². The fourth-order valence-corrected chi connectivity index (χ4v) is 1.03. The van der Waals surface area contributed by atoms with Gasteiger partial charge in [0.2, 0.25) is 8.46 Å². The highest BCUT2D eigenvalue weighted by atomic mass is 31.2. The van der Waals surface area contributed by atoms with Crippen LogP contribution in [0, 0.1) is 0 Å². The zero-order valence-electron chi connectivity index (χ0n) is 7.08. The van der Waals surface area contributed by atoms with Crippen molar-refractivity contribution in [1.29, 1.82) is 0 Å². The molecule has 0 saturated carbocycles. The van der Waals surface area contributed by atoms with Crippen LogP contribution in [0.15, 0.2) is 0 Å². The summed E-state index contributed by atoms with van der Waals surface area (Å²) in [5, 5.41) is 0. The molecule has 0 spiro atoms. The monoisotopic (exact) mass is 238 g/mol. The number of halogens is 3. The lowest BCUT2D eigenvalue weighted by Gasteiger charge is -2.05. The van der Waals surface area contributed by atoms with Crippen LogP contribution in [0.3, 0.4) is 0 Å². The number of hydrogen-bond acceptors (Lipinski definition) is 3. The lowest BCUT2D eigenvalue weighted by Crippen LogP contribution is -2.05. The van der Waals surface area contributed by atoms with Crippen molar-refractivity contribution < 1.29 is 26.4 Å². The van der Waals surface area contributed by atoms with E-state index < -0.39 is 17.2 Å². The summed E-state index contributed by atoms with van der Waals surface area (Å²) in [6.45, 7) is 1.58. The maximum Gasteiger partial charge on any atom is 0.415 e. The highest BCUT2D eigenvalue weighted by molar-refractivity contribution is 7.45. The van der Waals surface area contributed by atoms with Crippen molar-refractivity contribution in [3.63, 3.8) is 0 Å². The van der Waals surface area contributed by atoms with Crippen molar-refractivity contribution >= 4 is 17.2 Å². The van der Waals surface area contributed by atoms with Gasteiger partial charge < -0.3 is 13.8 Å². The highest BCUT2D eigenvalue weighted by Crippen LogP contribution is 2.39. The van der Waals surface area contributed by atoms with Crippen LogP contribution in [0.5, 0.6) is 0 Å². The standard InChI is InChI=1S/C5H11F3O3P2/c1-12(6)10-4-2-9-3-5-11-13(7)8/h2-5H2,1H3. The number of rotatable bonds is 8. The fourth-order valence-electron chi connectivity index (χ4n) is 0.489. The third kappa shape index (κ3) is 12.5. The SMILES string of the molecule is CP(F)OCCOCCOP(F)F. The van der Waals surface area contributed by atoms with Gasteiger partial charge in [0, 0.05) is 6.66 Å². The summed E-state index contributed by atoms with van der Waals surface area (Å²) in [7, 11) is -5.17. The molecule has 13 heavy (non-hydrogen) atoms. The Morgan fingerprint density at radius 3 is 1.92 bits per heavy atom. The van der Waals surface area contributed by atoms with Gasteiger partial charge in [0.15, 0.2) is 0 Å². The molecule has 1 atom stereocenters. The van der Waals surface area contributed by atoms with E-state index in [1.54, 1.807) is 0 Å². The summed E-state index contributed by atoms with van der Waals surface area (Å²) in [4.78, 5) is 0. The molecule has 0 N–H and O–H groups in total. The van der Waals surface area contributed by atoms with E-state index in [1.807, 2.05) is 0 Å². The predicted octanol–water partition coefficient (Wildman–Crippen LogP) is 3.11. The average molecular weight is 238 g/mol. The first-order chi connectivity index (χ1) is 6.13. The Kier molecular flexibility index (Phi) is 9.47. The molecule has 0 amide bonds. The van der Waals surface area contributed by atoms with E-state index in [2.05, 4.69) is 9.05 Å². The average Bonchev–Trinajstić information content (AvgIpc) is 2.01. The molecule has 0 bridgehead atoms. The van der Waals surface area contributed by atoms with Crippen LogP contribution in [0.4, 0.5) is 12.6 Å². The summed E-state index contributed by atoms with van der Waals surface area (Å²) in [5.74, 6) is 0. The molecule has 0 rings (SSSR count). The summed E-state index contributed by atoms with van der Waals surface area (Å²) < 4.78 is 48.2. The quantitative estimate of drug-likeness (QED) is 0.480. The first-order valence-corrected chi connectivity index (χ1v) is 6.11. The second-order valence-corrected chi connectivity index (χ2v) is 3.66. The van der Waals surface area contributed by atoms with Gasteiger partial charge >= 0.3 is 8.77 Å². The zero-order chi connectivity index (χ0) is 10.1. The summed E-state index contributed by atoms with van der Waals surface area (Å²) in [6.07, 6.45) is 0. The van der Waals surface area contributed by atoms with E-state index in [0.717, 1.165) is 0 Å². The van der Waals surface area contributed by atoms with E-state index in [-0.39, 0.29) is 26.4 Å². The first kappa shape index (κ1) is 13.5. The zero-order valence-corrected chi connectivity index (χ0v) is 8.87. The number of hydrogen-bond donors (Lipinski definition) is 0. The Hall–Kier alpha value is 0.530. The van der Waals surface area contributed by atoms with Crippen LogP contribution < -0.4 is 0 Å². The van der Waals surface area contributed by atoms with Crippen molar-refractivity contribution in [3.05, 3.63) is 0 Å². The lowest BCUT2D eigenvalue weighted by atomic mass is 10.7. The largest absolute Gasteiger partial charge is 0.415 e. The van der Waals surface area contributed by atoms with Gasteiger partial charge in [-0.05, 0) is 0 Å². The Morgan fingerprint density at radius 1 is 0.923 bits per heavy atom. The smallest absolute Gasteiger partial charge is 0.377 e. The van der Waals surface area contributed by atoms with Gasteiger partial charge in [-0.2, -0.15) is 12.6 Å². The maximum absolute atomic E-state index is 12.0. The van der Waals surface area contributed by atoms with Crippen LogP contribution in [-0.4, -0.2) is 33.1 Å². The van der Waals surface area contributed by atoms with Crippen molar-refractivity contribution in [2.45, 2.75) is 0 Å². The molecule has 0 aliphatic carbocycles. The molecular formula is C5H11F3O3P2. The molecule has 0 radical (unpaired) electrons. The molecule has 0 aliphatic rings. The summed E-state index contributed by atoms with van der Waals surface area (Å²) >= 11 is 0. The second-order valence-electron chi connectivity index (χ2n) is 1.90. The summed E-state index contributed by atoms with van der Waals surface area (Å²) in [6, 6.07) is 0. The van der Waals surface area contributed by atoms with Crippen LogP contribution in [0.2, 0.25) is 0 Å². The molecule has 80 valence electrons. The molecule has 1 unspecified atom stereocenters. The van der Waals surface area contributed by atoms with Gasteiger partial charge in [0.1, 0.15) is 0 Å². The molecule has 0 aromatic rings. The highest BCUT2D eigenvalue weighted by Gasteiger charge is 2.03. The van der Waals surface area contributed by atoms with E-state index >= 15 is 0 Å². The molecule has 0 aromatic carbocycles. The number of ether oxygens (including phenoxy) is 1. The minimum absolute atomic E-state index is 0.0734. The minimum atomic E-state index is -3.30. The van der Waals surface area contributed by atoms with Crippen molar-refractivity contribution in [1.82, 2.24) is 0 Å². The Balaban J connectivity index is 2.92. The van der Waals surface area contributed by atoms with Gasteiger partial charge in [0.25, 0.3) is 0 Å². The van der Waals surface area contributed by atoms with Gasteiger partial charge in [0.05, 0.1) is 26.4 Å². The predicted molar refractivity (Wildman–Crippen MR) is 45.8 cm³/mol. The third-order valence-corrected chi connectivity index (χ3v) is 1.83. The van der Waals surface area contributed by atoms with Gasteiger partial charge in [-0.3, -0.25) is 0 Å². The molecule has 0 aliphatic heterocycles. The molecule has 0 aromatic heterocycles. The Morgan fingerprint density at radius 2 is 1.46 bits per heavy atom. The lowest BCUT2D eigenvalue weighted by molar-refractivity contribution is 0.0780. The topological polar surface area (TPSA) is 27.7 Å². The van der Waals surface area contributed by atoms with Crippen LogP contribution in [-0.2, 0) is 13.8 Å². The van der Waals surface area contributed by atoms with E-state index in [9.17, 15) is 12.6 Å². The van der Waals surface area contributed by atoms with Crippen molar-refractivity contribution in [3.8, 4) is 0 Å². The fraction of sp³-hybridized carbons (Fsp3) is 1.00. The van der Waals surface area contributed by atoms with Gasteiger partial charge in [-0.1, -0.05) is 0 Å². The van der Waals surface area contributed by atoms with Gasteiger partial charge in [-0.15, -0.1) is 0 Å². The van der Waals surface area contributed by atoms with E-state index in [0.29, 0.717) is 0 Å². The molecule has 3 nitrogen and oxygen atoms in total. The summed E-state index contributed by atoms with van der Waals surface area (Å²) in [5.41, 5.74) is 0. The Labute approximate surface area is 77.6 Å². The molecule has 0 heterocycles. The maximum atomic E-state index is 12.0. The Bertz CT molecular complexity index is 105. The first-order valence-electron chi connectivity index (χ1n) is 3.47. The third-order valence-electron chi connectivity index (χ3n) is 0.913. The minimum Gasteiger partial charge on any atom is -0.377 e. The molecule has 0 fully saturated rings. The van der Waals surface area contributed by atoms with Crippen LogP contribution in [0.25, 0.3) is 0 Å². The molecule has 0 saturated heterocycles. The van der Waals surface area contributed by atoms with Crippen LogP contribution >= 0.6 is 17.2 Å². The molecule has 8 heteroatoms. The van der Waals surface area contributed by atoms with E-state index in [1.165, 1.54) is 6.66 Å². The van der Waals surface area contributed by atoms with Crippen LogP contribution in [0.1, 0.15) is 0 Å². The van der Waals surface area contributed by atoms with Crippen molar-refractivity contribution in [2.24, 2.45) is 0 Å². The molecular weight excluding hydrogens is 227 g/mol. The normalized spacial score (nSPS) is 13.6. The van der Waals surface area contributed by atoms with Crippen molar-refractivity contribution in [2.75, 3.05) is 33.1 Å². The second kappa shape index (κ2) is 9.10.